The summed E-state index contributed by atoms with van der Waals surface area (Å²) in [5.41, 5.74) is 1.56. The van der Waals surface area contributed by atoms with E-state index in [-0.39, 0.29) is 6.29 Å². The molecule has 0 aromatic carbocycles. The molecule has 2 atom stereocenters. The highest BCUT2D eigenvalue weighted by atomic mass is 16.7. The van der Waals surface area contributed by atoms with Crippen LogP contribution in [0.5, 0.6) is 0 Å². The third kappa shape index (κ3) is 5.79. The van der Waals surface area contributed by atoms with E-state index in [1.54, 1.807) is 5.57 Å². The fraction of sp³-hybridized carbons (Fsp3) is 0.800. The molecule has 0 aliphatic heterocycles. The normalized spacial score (nSPS) is 22.7. The average molecular weight is 306 g/mol. The van der Waals surface area contributed by atoms with Crippen LogP contribution >= 0.6 is 0 Å². The molecule has 0 spiro atoms. The SMILES string of the molecule is CCC(C)C1=CC=C(OC(C)OCCC2CCCCC2)CC1. The first kappa shape index (κ1) is 17.6. The van der Waals surface area contributed by atoms with Gasteiger partial charge in [0, 0.05) is 6.42 Å². The molecular formula is C20H34O2. The second kappa shape index (κ2) is 9.39. The molecule has 0 aromatic rings. The molecule has 2 unspecified atom stereocenters. The van der Waals surface area contributed by atoms with Crippen LogP contribution < -0.4 is 0 Å². The summed E-state index contributed by atoms with van der Waals surface area (Å²) in [5, 5.41) is 0. The average Bonchev–Trinajstić information content (AvgIpc) is 2.56. The Morgan fingerprint density at radius 1 is 1.09 bits per heavy atom. The number of rotatable bonds is 8. The minimum Gasteiger partial charge on any atom is -0.470 e. The lowest BCUT2D eigenvalue weighted by molar-refractivity contribution is -0.109. The monoisotopic (exact) mass is 306 g/mol. The molecule has 126 valence electrons. The van der Waals surface area contributed by atoms with E-state index in [0.717, 1.165) is 31.1 Å². The van der Waals surface area contributed by atoms with E-state index in [0.29, 0.717) is 5.92 Å². The van der Waals surface area contributed by atoms with Crippen LogP contribution in [0.15, 0.2) is 23.5 Å². The molecule has 2 rings (SSSR count). The van der Waals surface area contributed by atoms with E-state index in [1.807, 2.05) is 6.92 Å². The summed E-state index contributed by atoms with van der Waals surface area (Å²) < 4.78 is 11.8. The second-order valence-electron chi connectivity index (χ2n) is 7.03. The van der Waals surface area contributed by atoms with E-state index in [4.69, 9.17) is 9.47 Å². The van der Waals surface area contributed by atoms with Crippen molar-refractivity contribution < 1.29 is 9.47 Å². The molecule has 0 N–H and O–H groups in total. The minimum absolute atomic E-state index is 0.117. The summed E-state index contributed by atoms with van der Waals surface area (Å²) >= 11 is 0. The molecule has 0 aromatic heterocycles. The van der Waals surface area contributed by atoms with Gasteiger partial charge in [-0.25, -0.2) is 0 Å². The van der Waals surface area contributed by atoms with E-state index in [1.165, 1.54) is 44.9 Å². The van der Waals surface area contributed by atoms with Gasteiger partial charge in [-0.15, -0.1) is 0 Å². The maximum absolute atomic E-state index is 5.94. The van der Waals surface area contributed by atoms with Crippen LogP contribution in [-0.4, -0.2) is 12.9 Å². The predicted octanol–water partition coefficient (Wildman–Crippen LogP) is 5.99. The van der Waals surface area contributed by atoms with Gasteiger partial charge in [0.1, 0.15) is 0 Å². The Labute approximate surface area is 137 Å². The van der Waals surface area contributed by atoms with Gasteiger partial charge in [0.25, 0.3) is 0 Å². The van der Waals surface area contributed by atoms with Crippen LogP contribution in [-0.2, 0) is 9.47 Å². The standard InChI is InChI=1S/C20H34O2/c1-4-16(2)19-10-12-20(13-11-19)22-17(3)21-15-14-18-8-6-5-7-9-18/h10,12,16-18H,4-9,11,13-15H2,1-3H3. The van der Waals surface area contributed by atoms with Crippen LogP contribution in [0.1, 0.15) is 78.6 Å². The number of ether oxygens (including phenoxy) is 2. The molecule has 2 nitrogen and oxygen atoms in total. The third-order valence-corrected chi connectivity index (χ3v) is 5.31. The van der Waals surface area contributed by atoms with Crippen molar-refractivity contribution in [1.82, 2.24) is 0 Å². The van der Waals surface area contributed by atoms with E-state index in [2.05, 4.69) is 26.0 Å². The summed E-state index contributed by atoms with van der Waals surface area (Å²) in [6, 6.07) is 0. The van der Waals surface area contributed by atoms with Crippen molar-refractivity contribution in [3.63, 3.8) is 0 Å². The quantitative estimate of drug-likeness (QED) is 0.513. The van der Waals surface area contributed by atoms with Crippen molar-refractivity contribution in [2.24, 2.45) is 11.8 Å². The first-order chi connectivity index (χ1) is 10.7. The Balaban J connectivity index is 1.65. The fourth-order valence-electron chi connectivity index (χ4n) is 3.53. The van der Waals surface area contributed by atoms with Gasteiger partial charge in [0.15, 0.2) is 6.29 Å². The fourth-order valence-corrected chi connectivity index (χ4v) is 3.53. The zero-order chi connectivity index (χ0) is 15.8. The van der Waals surface area contributed by atoms with Crippen LogP contribution in [0.25, 0.3) is 0 Å². The summed E-state index contributed by atoms with van der Waals surface area (Å²) in [5.74, 6) is 2.66. The molecule has 1 saturated carbocycles. The van der Waals surface area contributed by atoms with Crippen LogP contribution in [0.3, 0.4) is 0 Å². The highest BCUT2D eigenvalue weighted by Crippen LogP contribution is 2.28. The third-order valence-electron chi connectivity index (χ3n) is 5.31. The molecule has 0 amide bonds. The topological polar surface area (TPSA) is 18.5 Å². The first-order valence-electron chi connectivity index (χ1n) is 9.37. The molecule has 0 saturated heterocycles. The molecule has 0 heterocycles. The minimum atomic E-state index is -0.117. The van der Waals surface area contributed by atoms with E-state index in [9.17, 15) is 0 Å². The van der Waals surface area contributed by atoms with E-state index < -0.39 is 0 Å². The van der Waals surface area contributed by atoms with Gasteiger partial charge in [-0.3, -0.25) is 0 Å². The van der Waals surface area contributed by atoms with Gasteiger partial charge in [-0.2, -0.15) is 0 Å². The molecule has 0 bridgehead atoms. The highest BCUT2D eigenvalue weighted by Gasteiger charge is 2.16. The summed E-state index contributed by atoms with van der Waals surface area (Å²) in [6.45, 7) is 7.43. The lowest BCUT2D eigenvalue weighted by Gasteiger charge is -2.24. The predicted molar refractivity (Wildman–Crippen MR) is 92.5 cm³/mol. The second-order valence-corrected chi connectivity index (χ2v) is 7.03. The molecular weight excluding hydrogens is 272 g/mol. The molecule has 0 radical (unpaired) electrons. The first-order valence-corrected chi connectivity index (χ1v) is 9.37. The van der Waals surface area contributed by atoms with E-state index >= 15 is 0 Å². The zero-order valence-corrected chi connectivity index (χ0v) is 14.8. The van der Waals surface area contributed by atoms with Crippen LogP contribution in [0.2, 0.25) is 0 Å². The number of hydrogen-bond donors (Lipinski definition) is 0. The Morgan fingerprint density at radius 2 is 1.86 bits per heavy atom. The van der Waals surface area contributed by atoms with Crippen LogP contribution in [0, 0.1) is 11.8 Å². The van der Waals surface area contributed by atoms with Crippen molar-refractivity contribution in [2.45, 2.75) is 84.8 Å². The Hall–Kier alpha value is -0.760. The summed E-state index contributed by atoms with van der Waals surface area (Å²) in [7, 11) is 0. The van der Waals surface area contributed by atoms with Crippen molar-refractivity contribution >= 4 is 0 Å². The molecule has 1 fully saturated rings. The molecule has 2 aliphatic carbocycles. The van der Waals surface area contributed by atoms with Gasteiger partial charge < -0.3 is 9.47 Å². The lowest BCUT2D eigenvalue weighted by Crippen LogP contribution is -2.17. The molecule has 2 heteroatoms. The molecule has 22 heavy (non-hydrogen) atoms. The Morgan fingerprint density at radius 3 is 2.50 bits per heavy atom. The van der Waals surface area contributed by atoms with Gasteiger partial charge in [-0.1, -0.05) is 57.6 Å². The Kier molecular flexibility index (Phi) is 7.51. The Bertz CT molecular complexity index is 377. The number of hydrogen-bond acceptors (Lipinski definition) is 2. The molecule has 2 aliphatic rings. The van der Waals surface area contributed by atoms with Crippen molar-refractivity contribution in [1.29, 1.82) is 0 Å². The summed E-state index contributed by atoms with van der Waals surface area (Å²) in [4.78, 5) is 0. The lowest BCUT2D eigenvalue weighted by atomic mass is 9.87. The van der Waals surface area contributed by atoms with Gasteiger partial charge in [0.2, 0.25) is 0 Å². The largest absolute Gasteiger partial charge is 0.470 e. The van der Waals surface area contributed by atoms with Crippen molar-refractivity contribution in [2.75, 3.05) is 6.61 Å². The smallest absolute Gasteiger partial charge is 0.196 e. The number of allylic oxidation sites excluding steroid dienone is 4. The maximum atomic E-state index is 5.94. The van der Waals surface area contributed by atoms with Gasteiger partial charge >= 0.3 is 0 Å². The van der Waals surface area contributed by atoms with Crippen LogP contribution in [0.4, 0.5) is 0 Å². The van der Waals surface area contributed by atoms with Crippen molar-refractivity contribution in [3.05, 3.63) is 23.5 Å². The summed E-state index contributed by atoms with van der Waals surface area (Å²) in [6.07, 6.45) is 15.9. The van der Waals surface area contributed by atoms with Crippen molar-refractivity contribution in [3.8, 4) is 0 Å². The zero-order valence-electron chi connectivity index (χ0n) is 14.8. The van der Waals surface area contributed by atoms with Gasteiger partial charge in [-0.05, 0) is 44.1 Å². The maximum Gasteiger partial charge on any atom is 0.196 e. The highest BCUT2D eigenvalue weighted by molar-refractivity contribution is 5.22. The van der Waals surface area contributed by atoms with Gasteiger partial charge in [0.05, 0.1) is 12.4 Å².